The lowest BCUT2D eigenvalue weighted by Crippen LogP contribution is -2.29. The number of unbranched alkanes of at least 4 members (excludes halogenated alkanes) is 1. The average molecular weight is 415 g/mol. The number of aliphatic carboxylic acids is 1. The van der Waals surface area contributed by atoms with Gasteiger partial charge in [-0.05, 0) is 68.3 Å². The number of rotatable bonds is 10. The summed E-state index contributed by atoms with van der Waals surface area (Å²) >= 11 is 0. The van der Waals surface area contributed by atoms with E-state index in [1.807, 2.05) is 13.8 Å². The Kier molecular flexibility index (Phi) is 11.9. The SMILES string of the molecule is CC(N)Cc1ccc(-c2ccc(CC(C)N)cc2)cc1.NCCCC[C@H](N)C(=O)O. The summed E-state index contributed by atoms with van der Waals surface area (Å²) in [6.07, 6.45) is 4.01. The molecule has 2 unspecified atom stereocenters. The lowest BCUT2D eigenvalue weighted by molar-refractivity contribution is -0.138. The fraction of sp³-hybridized carbons (Fsp3) is 0.458. The Hall–Kier alpha value is -2.25. The highest BCUT2D eigenvalue weighted by Gasteiger charge is 2.09. The molecule has 6 heteroatoms. The van der Waals surface area contributed by atoms with E-state index in [-0.39, 0.29) is 12.1 Å². The van der Waals surface area contributed by atoms with Gasteiger partial charge in [-0.2, -0.15) is 0 Å². The van der Waals surface area contributed by atoms with Gasteiger partial charge in [0.15, 0.2) is 0 Å². The minimum Gasteiger partial charge on any atom is -0.480 e. The second-order valence-corrected chi connectivity index (χ2v) is 7.99. The second kappa shape index (κ2) is 13.9. The van der Waals surface area contributed by atoms with Gasteiger partial charge < -0.3 is 28.0 Å². The minimum atomic E-state index is -0.933. The van der Waals surface area contributed by atoms with Crippen molar-refractivity contribution in [1.29, 1.82) is 0 Å². The van der Waals surface area contributed by atoms with Crippen LogP contribution < -0.4 is 22.9 Å². The highest BCUT2D eigenvalue weighted by Crippen LogP contribution is 2.21. The van der Waals surface area contributed by atoms with Crippen molar-refractivity contribution in [3.8, 4) is 11.1 Å². The Balaban J connectivity index is 0.000000382. The molecule has 0 saturated heterocycles. The van der Waals surface area contributed by atoms with Crippen LogP contribution in [0.2, 0.25) is 0 Å². The van der Waals surface area contributed by atoms with Gasteiger partial charge in [0.1, 0.15) is 6.04 Å². The van der Waals surface area contributed by atoms with Crippen LogP contribution in [0.15, 0.2) is 48.5 Å². The van der Waals surface area contributed by atoms with Crippen LogP contribution in [-0.4, -0.2) is 35.7 Å². The molecule has 166 valence electrons. The monoisotopic (exact) mass is 414 g/mol. The van der Waals surface area contributed by atoms with Gasteiger partial charge >= 0.3 is 5.97 Å². The average Bonchev–Trinajstić information content (AvgIpc) is 2.69. The third-order valence-corrected chi connectivity index (χ3v) is 4.64. The lowest BCUT2D eigenvalue weighted by atomic mass is 9.99. The highest BCUT2D eigenvalue weighted by molar-refractivity contribution is 5.72. The fourth-order valence-corrected chi connectivity index (χ4v) is 3.04. The number of hydrogen-bond acceptors (Lipinski definition) is 5. The van der Waals surface area contributed by atoms with Gasteiger partial charge in [-0.3, -0.25) is 4.79 Å². The summed E-state index contributed by atoms with van der Waals surface area (Å²) in [7, 11) is 0. The van der Waals surface area contributed by atoms with Gasteiger partial charge in [0, 0.05) is 12.1 Å². The molecule has 2 aromatic rings. The first-order valence-corrected chi connectivity index (χ1v) is 10.6. The predicted octanol–water partition coefficient (Wildman–Crippen LogP) is 2.66. The van der Waals surface area contributed by atoms with E-state index in [0.717, 1.165) is 25.7 Å². The van der Waals surface area contributed by atoms with Gasteiger partial charge in [-0.1, -0.05) is 55.0 Å². The molecule has 0 amide bonds. The van der Waals surface area contributed by atoms with Crippen molar-refractivity contribution in [3.05, 3.63) is 59.7 Å². The molecule has 0 aliphatic rings. The zero-order chi connectivity index (χ0) is 22.5. The standard InChI is InChI=1S/C18H24N2.C6H14N2O2/c1-13(19)11-15-3-7-17(8-4-15)18-9-5-16(6-10-18)12-14(2)20;7-4-2-1-3-5(8)6(9)10/h3-10,13-14H,11-12,19-20H2,1-2H3;5H,1-4,7-8H2,(H,9,10)/t;5-/m.0/s1. The van der Waals surface area contributed by atoms with Gasteiger partial charge in [0.05, 0.1) is 0 Å². The van der Waals surface area contributed by atoms with Crippen molar-refractivity contribution in [1.82, 2.24) is 0 Å². The Bertz CT molecular complexity index is 676. The first kappa shape index (κ1) is 25.8. The fourth-order valence-electron chi connectivity index (χ4n) is 3.04. The molecule has 3 atom stereocenters. The van der Waals surface area contributed by atoms with Gasteiger partial charge in [-0.25, -0.2) is 0 Å². The Morgan fingerprint density at radius 1 is 0.800 bits per heavy atom. The van der Waals surface area contributed by atoms with Crippen molar-refractivity contribution < 1.29 is 9.90 Å². The number of carboxylic acids is 1. The largest absolute Gasteiger partial charge is 0.480 e. The smallest absolute Gasteiger partial charge is 0.320 e. The van der Waals surface area contributed by atoms with Crippen LogP contribution in [0.25, 0.3) is 11.1 Å². The number of nitrogens with two attached hydrogens (primary N) is 4. The lowest BCUT2D eigenvalue weighted by Gasteiger charge is -2.08. The summed E-state index contributed by atoms with van der Waals surface area (Å²) in [4.78, 5) is 10.1. The molecule has 0 aromatic heterocycles. The van der Waals surface area contributed by atoms with Gasteiger partial charge in [0.25, 0.3) is 0 Å². The van der Waals surface area contributed by atoms with E-state index in [9.17, 15) is 4.79 Å². The molecule has 0 aliphatic heterocycles. The first-order valence-electron chi connectivity index (χ1n) is 10.6. The topological polar surface area (TPSA) is 141 Å². The Labute approximate surface area is 180 Å². The van der Waals surface area contributed by atoms with Crippen LogP contribution in [0.1, 0.15) is 44.2 Å². The van der Waals surface area contributed by atoms with Crippen molar-refractivity contribution >= 4 is 5.97 Å². The minimum absolute atomic E-state index is 0.207. The number of benzene rings is 2. The molecule has 0 saturated carbocycles. The zero-order valence-corrected chi connectivity index (χ0v) is 18.3. The maximum Gasteiger partial charge on any atom is 0.320 e. The van der Waals surface area contributed by atoms with Gasteiger partial charge in [-0.15, -0.1) is 0 Å². The molecule has 30 heavy (non-hydrogen) atoms. The molecule has 6 nitrogen and oxygen atoms in total. The van der Waals surface area contributed by atoms with E-state index < -0.39 is 12.0 Å². The molecule has 0 fully saturated rings. The number of hydrogen-bond donors (Lipinski definition) is 5. The van der Waals surface area contributed by atoms with E-state index in [0.29, 0.717) is 13.0 Å². The summed E-state index contributed by atoms with van der Waals surface area (Å²) in [5, 5.41) is 8.33. The predicted molar refractivity (Wildman–Crippen MR) is 125 cm³/mol. The van der Waals surface area contributed by atoms with Crippen LogP contribution in [-0.2, 0) is 17.6 Å². The summed E-state index contributed by atoms with van der Waals surface area (Å²) in [6.45, 7) is 4.67. The summed E-state index contributed by atoms with van der Waals surface area (Å²) in [5.41, 5.74) is 27.1. The molecule has 0 radical (unpaired) electrons. The van der Waals surface area contributed by atoms with E-state index in [2.05, 4.69) is 48.5 Å². The normalized spacial score (nSPS) is 13.7. The van der Waals surface area contributed by atoms with Gasteiger partial charge in [0.2, 0.25) is 0 Å². The van der Waals surface area contributed by atoms with Crippen molar-refractivity contribution in [3.63, 3.8) is 0 Å². The van der Waals surface area contributed by atoms with Crippen LogP contribution in [0, 0.1) is 0 Å². The first-order chi connectivity index (χ1) is 14.2. The Morgan fingerprint density at radius 2 is 1.20 bits per heavy atom. The molecule has 0 bridgehead atoms. The summed E-state index contributed by atoms with van der Waals surface area (Å²) < 4.78 is 0. The van der Waals surface area contributed by atoms with E-state index in [1.165, 1.54) is 22.3 Å². The summed E-state index contributed by atoms with van der Waals surface area (Å²) in [6, 6.07) is 17.0. The molecule has 2 aromatic carbocycles. The maximum atomic E-state index is 10.1. The molecule has 2 rings (SSSR count). The molecular formula is C24H38N4O2. The zero-order valence-electron chi connectivity index (χ0n) is 18.3. The Morgan fingerprint density at radius 3 is 1.50 bits per heavy atom. The third kappa shape index (κ3) is 10.5. The number of carbonyl (C=O) groups is 1. The molecule has 9 N–H and O–H groups in total. The number of carboxylic acid groups (broad SMARTS) is 1. The highest BCUT2D eigenvalue weighted by atomic mass is 16.4. The molecule has 0 heterocycles. The molecule has 0 spiro atoms. The third-order valence-electron chi connectivity index (χ3n) is 4.64. The van der Waals surface area contributed by atoms with Crippen LogP contribution in [0.3, 0.4) is 0 Å². The molecular weight excluding hydrogens is 376 g/mol. The van der Waals surface area contributed by atoms with Crippen molar-refractivity contribution in [2.45, 2.75) is 64.1 Å². The van der Waals surface area contributed by atoms with Crippen LogP contribution in [0.4, 0.5) is 0 Å². The molecule has 0 aliphatic carbocycles. The van der Waals surface area contributed by atoms with E-state index in [4.69, 9.17) is 28.0 Å². The summed E-state index contributed by atoms with van der Waals surface area (Å²) in [5.74, 6) is -0.933. The van der Waals surface area contributed by atoms with E-state index >= 15 is 0 Å². The maximum absolute atomic E-state index is 10.1. The van der Waals surface area contributed by atoms with Crippen molar-refractivity contribution in [2.24, 2.45) is 22.9 Å². The quantitative estimate of drug-likeness (QED) is 0.378. The van der Waals surface area contributed by atoms with Crippen molar-refractivity contribution in [2.75, 3.05) is 6.54 Å². The van der Waals surface area contributed by atoms with Crippen LogP contribution in [0.5, 0.6) is 0 Å². The van der Waals surface area contributed by atoms with E-state index in [1.54, 1.807) is 0 Å². The van der Waals surface area contributed by atoms with Crippen LogP contribution >= 0.6 is 0 Å². The second-order valence-electron chi connectivity index (χ2n) is 7.99.